The van der Waals surface area contributed by atoms with Crippen LogP contribution in [0.2, 0.25) is 0 Å². The molecule has 0 spiro atoms. The first-order chi connectivity index (χ1) is 12.1. The van der Waals surface area contributed by atoms with Gasteiger partial charge in [0.2, 0.25) is 0 Å². The molecule has 1 unspecified atom stereocenters. The van der Waals surface area contributed by atoms with E-state index in [1.807, 2.05) is 60.7 Å². The zero-order valence-electron chi connectivity index (χ0n) is 14.3. The number of ether oxygens (including phenoxy) is 4. The third kappa shape index (κ3) is 4.07. The molecule has 1 atom stereocenters. The highest BCUT2D eigenvalue weighted by atomic mass is 16.7. The minimum Gasteiger partial charge on any atom is -0.497 e. The van der Waals surface area contributed by atoms with Crippen molar-refractivity contribution in [2.45, 2.75) is 12.2 Å². The van der Waals surface area contributed by atoms with E-state index in [1.165, 1.54) is 0 Å². The van der Waals surface area contributed by atoms with E-state index in [1.54, 1.807) is 20.3 Å². The molecule has 1 aliphatic carbocycles. The molecule has 130 valence electrons. The Balaban J connectivity index is 1.86. The fraction of sp³-hybridized carbons (Fsp3) is 0.200. The number of methoxy groups -OCH3 is 2. The molecule has 5 heteroatoms. The van der Waals surface area contributed by atoms with Gasteiger partial charge in [0.25, 0.3) is 5.79 Å². The molecule has 0 fully saturated rings. The molecule has 2 N–H and O–H groups in total. The molecular weight excluding hydrogens is 318 g/mol. The average molecular weight is 339 g/mol. The maximum atomic E-state index is 6.17. The highest BCUT2D eigenvalue weighted by molar-refractivity contribution is 5.36. The molecule has 0 aliphatic heterocycles. The normalized spacial score (nSPS) is 19.0. The largest absolute Gasteiger partial charge is 0.497 e. The van der Waals surface area contributed by atoms with Crippen molar-refractivity contribution in [2.24, 2.45) is 5.73 Å². The van der Waals surface area contributed by atoms with Gasteiger partial charge in [-0.05, 0) is 42.5 Å². The monoisotopic (exact) mass is 339 g/mol. The van der Waals surface area contributed by atoms with Crippen molar-refractivity contribution < 1.29 is 18.9 Å². The summed E-state index contributed by atoms with van der Waals surface area (Å²) in [6.07, 6.45) is 5.97. The molecule has 0 saturated carbocycles. The summed E-state index contributed by atoms with van der Waals surface area (Å²) in [4.78, 5) is 0. The van der Waals surface area contributed by atoms with Gasteiger partial charge >= 0.3 is 0 Å². The van der Waals surface area contributed by atoms with E-state index in [4.69, 9.17) is 24.7 Å². The van der Waals surface area contributed by atoms with Crippen LogP contribution >= 0.6 is 0 Å². The average Bonchev–Trinajstić information content (AvgIpc) is 2.65. The third-order valence-electron chi connectivity index (χ3n) is 3.83. The SMILES string of the molecule is COc1ccc(OC2(Oc3cccc(OC)c3)C=CC(N)=CC2)cc1. The number of allylic oxidation sites excluding steroid dienone is 1. The van der Waals surface area contributed by atoms with Gasteiger partial charge in [-0.3, -0.25) is 0 Å². The Morgan fingerprint density at radius 3 is 2.12 bits per heavy atom. The van der Waals surface area contributed by atoms with Crippen LogP contribution in [0.25, 0.3) is 0 Å². The van der Waals surface area contributed by atoms with Crippen LogP contribution in [0.3, 0.4) is 0 Å². The predicted octanol–water partition coefficient (Wildman–Crippen LogP) is 3.66. The first kappa shape index (κ1) is 16.8. The summed E-state index contributed by atoms with van der Waals surface area (Å²) in [5, 5.41) is 0. The molecule has 25 heavy (non-hydrogen) atoms. The van der Waals surface area contributed by atoms with Crippen molar-refractivity contribution in [1.29, 1.82) is 0 Å². The Hall–Kier alpha value is -3.08. The Morgan fingerprint density at radius 2 is 1.48 bits per heavy atom. The number of rotatable bonds is 6. The molecule has 2 aromatic rings. The lowest BCUT2D eigenvalue weighted by Crippen LogP contribution is -2.41. The molecule has 1 aliphatic rings. The Labute approximate surface area is 147 Å². The maximum absolute atomic E-state index is 6.17. The van der Waals surface area contributed by atoms with Gasteiger partial charge in [-0.1, -0.05) is 12.1 Å². The van der Waals surface area contributed by atoms with Crippen LogP contribution in [0, 0.1) is 0 Å². The van der Waals surface area contributed by atoms with Crippen molar-refractivity contribution in [3.8, 4) is 23.0 Å². The molecule has 2 aromatic carbocycles. The lowest BCUT2D eigenvalue weighted by molar-refractivity contribution is -0.0691. The molecule has 5 nitrogen and oxygen atoms in total. The van der Waals surface area contributed by atoms with E-state index in [0.29, 0.717) is 29.4 Å². The van der Waals surface area contributed by atoms with E-state index in [9.17, 15) is 0 Å². The summed E-state index contributed by atoms with van der Waals surface area (Å²) in [7, 11) is 3.24. The van der Waals surface area contributed by atoms with Gasteiger partial charge < -0.3 is 24.7 Å². The zero-order valence-corrected chi connectivity index (χ0v) is 14.3. The summed E-state index contributed by atoms with van der Waals surface area (Å²) >= 11 is 0. The fourth-order valence-electron chi connectivity index (χ4n) is 2.50. The summed E-state index contributed by atoms with van der Waals surface area (Å²) in [6, 6.07) is 14.8. The molecule has 0 heterocycles. The second-order valence-corrected chi connectivity index (χ2v) is 5.61. The first-order valence-corrected chi connectivity index (χ1v) is 7.93. The molecule has 0 saturated heterocycles. The number of benzene rings is 2. The van der Waals surface area contributed by atoms with Gasteiger partial charge in [0.15, 0.2) is 0 Å². The van der Waals surface area contributed by atoms with Gasteiger partial charge in [0.1, 0.15) is 23.0 Å². The van der Waals surface area contributed by atoms with Gasteiger partial charge in [-0.25, -0.2) is 0 Å². The molecule has 0 aromatic heterocycles. The zero-order chi connectivity index (χ0) is 17.7. The minimum atomic E-state index is -0.982. The van der Waals surface area contributed by atoms with Crippen LogP contribution in [0.5, 0.6) is 23.0 Å². The Morgan fingerprint density at radius 1 is 0.840 bits per heavy atom. The fourth-order valence-corrected chi connectivity index (χ4v) is 2.50. The molecule has 0 bridgehead atoms. The van der Waals surface area contributed by atoms with E-state index < -0.39 is 5.79 Å². The molecule has 3 rings (SSSR count). The van der Waals surface area contributed by atoms with Crippen molar-refractivity contribution >= 4 is 0 Å². The van der Waals surface area contributed by atoms with Gasteiger partial charge in [-0.2, -0.15) is 0 Å². The second-order valence-electron chi connectivity index (χ2n) is 5.61. The van der Waals surface area contributed by atoms with E-state index in [2.05, 4.69) is 0 Å². The highest BCUT2D eigenvalue weighted by Gasteiger charge is 2.33. The highest BCUT2D eigenvalue weighted by Crippen LogP contribution is 2.32. The maximum Gasteiger partial charge on any atom is 0.274 e. The summed E-state index contributed by atoms with van der Waals surface area (Å²) in [5.74, 6) is 1.81. The quantitative estimate of drug-likeness (QED) is 0.814. The summed E-state index contributed by atoms with van der Waals surface area (Å²) in [6.45, 7) is 0. The van der Waals surface area contributed by atoms with Crippen molar-refractivity contribution in [1.82, 2.24) is 0 Å². The first-order valence-electron chi connectivity index (χ1n) is 7.93. The molecular formula is C20H21NO4. The van der Waals surface area contributed by atoms with Crippen LogP contribution < -0.4 is 24.7 Å². The number of hydrogen-bond acceptors (Lipinski definition) is 5. The van der Waals surface area contributed by atoms with Crippen LogP contribution in [-0.2, 0) is 0 Å². The van der Waals surface area contributed by atoms with Crippen molar-refractivity contribution in [3.05, 3.63) is 72.5 Å². The molecule has 0 amide bonds. The summed E-state index contributed by atoms with van der Waals surface area (Å²) < 4.78 is 22.8. The van der Waals surface area contributed by atoms with E-state index in [0.717, 1.165) is 5.75 Å². The summed E-state index contributed by atoms with van der Waals surface area (Å²) in [5.41, 5.74) is 6.54. The third-order valence-corrected chi connectivity index (χ3v) is 3.83. The lowest BCUT2D eigenvalue weighted by atomic mass is 10.1. The van der Waals surface area contributed by atoms with E-state index in [-0.39, 0.29) is 0 Å². The lowest BCUT2D eigenvalue weighted by Gasteiger charge is -2.33. The number of hydrogen-bond donors (Lipinski definition) is 1. The van der Waals surface area contributed by atoms with Gasteiger partial charge in [0.05, 0.1) is 14.2 Å². The minimum absolute atomic E-state index is 0.485. The molecule has 0 radical (unpaired) electrons. The van der Waals surface area contributed by atoms with Crippen molar-refractivity contribution in [3.63, 3.8) is 0 Å². The Kier molecular flexibility index (Phi) is 4.84. The van der Waals surface area contributed by atoms with Crippen LogP contribution in [0.4, 0.5) is 0 Å². The van der Waals surface area contributed by atoms with Gasteiger partial charge in [-0.15, -0.1) is 0 Å². The van der Waals surface area contributed by atoms with Crippen molar-refractivity contribution in [2.75, 3.05) is 14.2 Å². The van der Waals surface area contributed by atoms with Crippen LogP contribution in [0.1, 0.15) is 6.42 Å². The Bertz CT molecular complexity index is 783. The predicted molar refractivity (Wildman–Crippen MR) is 96.0 cm³/mol. The van der Waals surface area contributed by atoms with Crippen LogP contribution in [0.15, 0.2) is 72.5 Å². The van der Waals surface area contributed by atoms with Crippen LogP contribution in [-0.4, -0.2) is 20.0 Å². The topological polar surface area (TPSA) is 62.9 Å². The standard InChI is InChI=1S/C20H21NO4/c1-22-16-6-8-17(9-7-16)24-20(12-10-15(21)11-13-20)25-19-5-3-4-18(14-19)23-2/h3-12,14H,13,21H2,1-2H3. The number of nitrogens with two attached hydrogens (primary N) is 1. The second kappa shape index (κ2) is 7.21. The van der Waals surface area contributed by atoms with E-state index >= 15 is 0 Å². The smallest absolute Gasteiger partial charge is 0.274 e. The van der Waals surface area contributed by atoms with Gasteiger partial charge in [0, 0.05) is 24.3 Å².